The van der Waals surface area contributed by atoms with Gasteiger partial charge in [-0.15, -0.1) is 0 Å². The van der Waals surface area contributed by atoms with Crippen LogP contribution in [0.5, 0.6) is 0 Å². The average molecular weight is 449 g/mol. The number of carbonyl (C=O) groups is 1. The largest absolute Gasteiger partial charge is 0.490 e. The van der Waals surface area contributed by atoms with E-state index in [9.17, 15) is 21.6 Å². The second-order valence-corrected chi connectivity index (χ2v) is 10.7. The van der Waals surface area contributed by atoms with Gasteiger partial charge < -0.3 is 5.11 Å². The molecule has 1 saturated carbocycles. The van der Waals surface area contributed by atoms with Gasteiger partial charge in [0, 0.05) is 37.0 Å². The van der Waals surface area contributed by atoms with Crippen LogP contribution in [0.15, 0.2) is 24.3 Å². The molecule has 1 saturated heterocycles. The Morgan fingerprint density at radius 2 is 1.70 bits per heavy atom. The fourth-order valence-corrected chi connectivity index (χ4v) is 6.32. The molecular weight excluding hydrogens is 421 g/mol. The van der Waals surface area contributed by atoms with Gasteiger partial charge in [0.15, 0.2) is 0 Å². The SMILES string of the molecule is CC(C)N(C)[C@H]1c2ccccc2[C@@H]2CN(S(=O)(=O)C3CC3)C[C@@H]21.O=C(O)C(F)(F)F. The summed E-state index contributed by atoms with van der Waals surface area (Å²) >= 11 is 0. The van der Waals surface area contributed by atoms with Gasteiger partial charge in [0.1, 0.15) is 0 Å². The van der Waals surface area contributed by atoms with E-state index in [-0.39, 0.29) is 5.25 Å². The fraction of sp³-hybridized carbons (Fsp3) is 0.650. The molecule has 2 aliphatic carbocycles. The van der Waals surface area contributed by atoms with Gasteiger partial charge in [-0.05, 0) is 44.9 Å². The maximum Gasteiger partial charge on any atom is 0.490 e. The molecular formula is C20H27F3N2O4S. The molecule has 4 rings (SSSR count). The third kappa shape index (κ3) is 4.36. The highest BCUT2D eigenvalue weighted by Gasteiger charge is 2.52. The van der Waals surface area contributed by atoms with Crippen molar-refractivity contribution in [2.75, 3.05) is 20.1 Å². The second kappa shape index (κ2) is 8.12. The van der Waals surface area contributed by atoms with Crippen LogP contribution < -0.4 is 0 Å². The first-order valence-electron chi connectivity index (χ1n) is 9.95. The average Bonchev–Trinajstić information content (AvgIpc) is 3.35. The van der Waals surface area contributed by atoms with Crippen molar-refractivity contribution in [2.45, 2.75) is 56.1 Å². The summed E-state index contributed by atoms with van der Waals surface area (Å²) < 4.78 is 58.8. The standard InChI is InChI=1S/C18H26N2O2S.C2HF3O2/c1-12(2)19(3)18-15-7-5-4-6-14(15)16-10-20(11-17(16)18)23(21,22)13-8-9-13;3-2(4,5)1(6)7/h4-7,12-13,16-18H,8-11H2,1-3H3;(H,6,7)/t16-,17-,18-;/m0./s1. The van der Waals surface area contributed by atoms with Crippen LogP contribution in [0.25, 0.3) is 0 Å². The Morgan fingerprint density at radius 3 is 2.17 bits per heavy atom. The molecule has 2 fully saturated rings. The van der Waals surface area contributed by atoms with Crippen molar-refractivity contribution < 1.29 is 31.5 Å². The van der Waals surface area contributed by atoms with E-state index in [1.54, 1.807) is 4.31 Å². The van der Waals surface area contributed by atoms with Crippen LogP contribution in [0, 0.1) is 5.92 Å². The summed E-state index contributed by atoms with van der Waals surface area (Å²) in [6.45, 7) is 5.77. The van der Waals surface area contributed by atoms with Crippen molar-refractivity contribution in [1.29, 1.82) is 0 Å². The zero-order valence-corrected chi connectivity index (χ0v) is 17.9. The lowest BCUT2D eigenvalue weighted by Crippen LogP contribution is -2.37. The minimum absolute atomic E-state index is 0.0992. The van der Waals surface area contributed by atoms with Crippen molar-refractivity contribution in [3.8, 4) is 0 Å². The Labute approximate surface area is 174 Å². The number of carboxylic acid groups (broad SMARTS) is 1. The number of hydrogen-bond donors (Lipinski definition) is 1. The lowest BCUT2D eigenvalue weighted by molar-refractivity contribution is -0.192. The second-order valence-electron chi connectivity index (χ2n) is 8.47. The zero-order chi connectivity index (χ0) is 22.4. The minimum atomic E-state index is -5.08. The summed E-state index contributed by atoms with van der Waals surface area (Å²) in [5.74, 6) is -2.02. The van der Waals surface area contributed by atoms with E-state index in [4.69, 9.17) is 9.90 Å². The van der Waals surface area contributed by atoms with Gasteiger partial charge in [-0.25, -0.2) is 17.5 Å². The van der Waals surface area contributed by atoms with Crippen LogP contribution >= 0.6 is 0 Å². The summed E-state index contributed by atoms with van der Waals surface area (Å²) in [5.41, 5.74) is 2.77. The Kier molecular flexibility index (Phi) is 6.23. The first-order chi connectivity index (χ1) is 13.9. The van der Waals surface area contributed by atoms with Crippen LogP contribution in [0.4, 0.5) is 13.2 Å². The van der Waals surface area contributed by atoms with Gasteiger partial charge in [-0.1, -0.05) is 24.3 Å². The normalized spacial score (nSPS) is 26.3. The predicted octanol–water partition coefficient (Wildman–Crippen LogP) is 3.22. The third-order valence-electron chi connectivity index (χ3n) is 6.25. The number of hydrogen-bond acceptors (Lipinski definition) is 4. The van der Waals surface area contributed by atoms with Crippen LogP contribution in [-0.4, -0.2) is 66.3 Å². The molecule has 3 atom stereocenters. The number of carboxylic acids is 1. The van der Waals surface area contributed by atoms with Crippen LogP contribution in [0.2, 0.25) is 0 Å². The van der Waals surface area contributed by atoms with Crippen molar-refractivity contribution in [3.05, 3.63) is 35.4 Å². The molecule has 168 valence electrons. The van der Waals surface area contributed by atoms with E-state index in [2.05, 4.69) is 50.1 Å². The molecule has 0 radical (unpaired) electrons. The number of rotatable bonds is 4. The van der Waals surface area contributed by atoms with Gasteiger partial charge >= 0.3 is 12.1 Å². The van der Waals surface area contributed by atoms with E-state index in [1.807, 2.05) is 0 Å². The molecule has 1 aliphatic heterocycles. The van der Waals surface area contributed by atoms with Gasteiger partial charge in [-0.3, -0.25) is 4.90 Å². The number of alkyl halides is 3. The Balaban J connectivity index is 0.000000318. The quantitative estimate of drug-likeness (QED) is 0.765. The van der Waals surface area contributed by atoms with Gasteiger partial charge in [0.05, 0.1) is 5.25 Å². The van der Waals surface area contributed by atoms with E-state index >= 15 is 0 Å². The molecule has 1 aromatic rings. The molecule has 1 heterocycles. The van der Waals surface area contributed by atoms with Crippen molar-refractivity contribution in [3.63, 3.8) is 0 Å². The highest BCUT2D eigenvalue weighted by Crippen LogP contribution is 2.53. The summed E-state index contributed by atoms with van der Waals surface area (Å²) in [4.78, 5) is 11.3. The first-order valence-corrected chi connectivity index (χ1v) is 11.5. The van der Waals surface area contributed by atoms with E-state index in [0.29, 0.717) is 37.0 Å². The Morgan fingerprint density at radius 1 is 1.17 bits per heavy atom. The topological polar surface area (TPSA) is 77.9 Å². The molecule has 0 unspecified atom stereocenters. The number of aliphatic carboxylic acids is 1. The number of sulfonamides is 1. The first kappa shape index (κ1) is 23.0. The van der Waals surface area contributed by atoms with E-state index < -0.39 is 22.2 Å². The van der Waals surface area contributed by atoms with Crippen LogP contribution in [0.3, 0.4) is 0 Å². The fourth-order valence-electron chi connectivity index (χ4n) is 4.42. The van der Waals surface area contributed by atoms with Crippen LogP contribution in [-0.2, 0) is 14.8 Å². The molecule has 6 nitrogen and oxygen atoms in total. The number of benzene rings is 1. The van der Waals surface area contributed by atoms with Crippen molar-refractivity contribution >= 4 is 16.0 Å². The van der Waals surface area contributed by atoms with Gasteiger partial charge in [0.2, 0.25) is 10.0 Å². The molecule has 10 heteroatoms. The van der Waals surface area contributed by atoms with E-state index in [0.717, 1.165) is 12.8 Å². The highest BCUT2D eigenvalue weighted by atomic mass is 32.2. The summed E-state index contributed by atoms with van der Waals surface area (Å²) in [7, 11) is -0.891. The number of nitrogens with zero attached hydrogens (tertiary/aromatic N) is 2. The van der Waals surface area contributed by atoms with Gasteiger partial charge in [-0.2, -0.15) is 13.2 Å². The third-order valence-corrected chi connectivity index (χ3v) is 8.58. The predicted molar refractivity (Wildman–Crippen MR) is 106 cm³/mol. The monoisotopic (exact) mass is 448 g/mol. The highest BCUT2D eigenvalue weighted by molar-refractivity contribution is 7.90. The smallest absolute Gasteiger partial charge is 0.475 e. The van der Waals surface area contributed by atoms with E-state index in [1.165, 1.54) is 11.1 Å². The Hall–Kier alpha value is -1.65. The maximum absolute atomic E-state index is 12.7. The lowest BCUT2D eigenvalue weighted by Gasteiger charge is -2.33. The molecule has 30 heavy (non-hydrogen) atoms. The van der Waals surface area contributed by atoms with Crippen molar-refractivity contribution in [2.24, 2.45) is 5.92 Å². The summed E-state index contributed by atoms with van der Waals surface area (Å²) in [5, 5.41) is 7.03. The maximum atomic E-state index is 12.7. The molecule has 1 aromatic carbocycles. The molecule has 1 N–H and O–H groups in total. The minimum Gasteiger partial charge on any atom is -0.475 e. The number of halogens is 3. The lowest BCUT2D eigenvalue weighted by atomic mass is 9.93. The molecule has 0 amide bonds. The Bertz CT molecular complexity index is 900. The molecule has 0 aromatic heterocycles. The molecule has 3 aliphatic rings. The summed E-state index contributed by atoms with van der Waals surface area (Å²) in [6.07, 6.45) is -3.39. The van der Waals surface area contributed by atoms with Crippen molar-refractivity contribution in [1.82, 2.24) is 9.21 Å². The molecule has 0 spiro atoms. The van der Waals surface area contributed by atoms with Crippen LogP contribution in [0.1, 0.15) is 49.8 Å². The number of fused-ring (bicyclic) bond motifs is 3. The molecule has 0 bridgehead atoms. The summed E-state index contributed by atoms with van der Waals surface area (Å²) in [6, 6.07) is 9.41. The van der Waals surface area contributed by atoms with Gasteiger partial charge in [0.25, 0.3) is 0 Å². The zero-order valence-electron chi connectivity index (χ0n) is 17.1.